The Morgan fingerprint density at radius 1 is 0.319 bits per heavy atom. The monoisotopic (exact) mass is 890 g/mol. The lowest BCUT2D eigenvalue weighted by atomic mass is 9.91. The number of para-hydroxylation sites is 4. The average molecular weight is 891 g/mol. The zero-order chi connectivity index (χ0) is 44.6. The number of thiophene rings is 1. The lowest BCUT2D eigenvalue weighted by Gasteiger charge is -2.18. The highest BCUT2D eigenvalue weighted by molar-refractivity contribution is 7.26. The zero-order valence-electron chi connectivity index (χ0n) is 36.8. The van der Waals surface area contributed by atoms with Crippen LogP contribution < -0.4 is 0 Å². The Hall–Kier alpha value is -8.90. The Bertz CT molecular complexity index is 5070. The molecule has 4 nitrogen and oxygen atoms in total. The lowest BCUT2D eigenvalue weighted by Crippen LogP contribution is -2.05. The third-order valence-corrected chi connectivity index (χ3v) is 16.6. The Kier molecular flexibility index (Phi) is 6.80. The van der Waals surface area contributed by atoms with Crippen LogP contribution in [-0.4, -0.2) is 18.9 Å². The Morgan fingerprint density at radius 3 is 1.80 bits per heavy atom. The maximum absolute atomic E-state index is 5.83. The molecule has 316 valence electrons. The molecular formula is C64H34N4S. The molecule has 5 heterocycles. The first-order chi connectivity index (χ1) is 34.3. The molecule has 0 amide bonds. The van der Waals surface area contributed by atoms with E-state index in [0.29, 0.717) is 0 Å². The van der Waals surface area contributed by atoms with Gasteiger partial charge in [-0.25, -0.2) is 9.97 Å². The largest absolute Gasteiger partial charge is 0.306 e. The van der Waals surface area contributed by atoms with Gasteiger partial charge in [-0.15, -0.1) is 11.3 Å². The van der Waals surface area contributed by atoms with E-state index in [1.807, 2.05) is 11.3 Å². The smallest absolute Gasteiger partial charge is 0.165 e. The molecule has 69 heavy (non-hydrogen) atoms. The minimum atomic E-state index is 0.807. The Morgan fingerprint density at radius 2 is 0.928 bits per heavy atom. The van der Waals surface area contributed by atoms with Crippen molar-refractivity contribution in [3.05, 3.63) is 206 Å². The van der Waals surface area contributed by atoms with Crippen LogP contribution in [0.5, 0.6) is 0 Å². The number of fused-ring (bicyclic) bond motifs is 17. The van der Waals surface area contributed by atoms with Gasteiger partial charge in [0.2, 0.25) is 0 Å². The topological polar surface area (TPSA) is 35.1 Å². The van der Waals surface area contributed by atoms with E-state index in [4.69, 9.17) is 9.97 Å². The van der Waals surface area contributed by atoms with E-state index < -0.39 is 0 Å². The molecule has 0 spiro atoms. The number of nitrogens with zero attached hydrogens (tertiary/aromatic N) is 4. The summed E-state index contributed by atoms with van der Waals surface area (Å²) < 4.78 is 7.66. The van der Waals surface area contributed by atoms with Crippen LogP contribution >= 0.6 is 11.3 Å². The maximum Gasteiger partial charge on any atom is 0.165 e. The van der Waals surface area contributed by atoms with E-state index in [-0.39, 0.29) is 0 Å². The highest BCUT2D eigenvalue weighted by Gasteiger charge is 2.30. The second-order valence-corrected chi connectivity index (χ2v) is 19.8. The summed E-state index contributed by atoms with van der Waals surface area (Å²) in [6, 6.07) is 76.2. The fourth-order valence-corrected chi connectivity index (χ4v) is 13.8. The van der Waals surface area contributed by atoms with Gasteiger partial charge in [0, 0.05) is 63.6 Å². The van der Waals surface area contributed by atoms with E-state index in [1.54, 1.807) is 0 Å². The van der Waals surface area contributed by atoms with Gasteiger partial charge in [-0.3, -0.25) is 4.57 Å². The molecule has 0 aliphatic heterocycles. The number of hydrogen-bond acceptors (Lipinski definition) is 3. The van der Waals surface area contributed by atoms with E-state index in [2.05, 4.69) is 215 Å². The molecule has 0 aliphatic rings. The summed E-state index contributed by atoms with van der Waals surface area (Å²) in [6.45, 7) is 0. The number of hydrogen-bond donors (Lipinski definition) is 0. The van der Waals surface area contributed by atoms with Gasteiger partial charge in [-0.2, -0.15) is 0 Å². The van der Waals surface area contributed by atoms with Crippen molar-refractivity contribution in [2.24, 2.45) is 0 Å². The van der Waals surface area contributed by atoms with Crippen LogP contribution in [0.1, 0.15) is 0 Å². The summed E-state index contributed by atoms with van der Waals surface area (Å²) in [5.41, 5.74) is 11.9. The first-order valence-electron chi connectivity index (χ1n) is 23.7. The van der Waals surface area contributed by atoms with Crippen molar-refractivity contribution >= 4 is 146 Å². The van der Waals surface area contributed by atoms with Crippen LogP contribution in [0, 0.1) is 0 Å². The average Bonchev–Trinajstić information content (AvgIpc) is 4.16. The predicted molar refractivity (Wildman–Crippen MR) is 294 cm³/mol. The fraction of sp³-hybridized carbons (Fsp3) is 0. The molecule has 0 bridgehead atoms. The van der Waals surface area contributed by atoms with Gasteiger partial charge in [0.15, 0.2) is 5.82 Å². The summed E-state index contributed by atoms with van der Waals surface area (Å²) in [4.78, 5) is 11.6. The van der Waals surface area contributed by atoms with Crippen molar-refractivity contribution < 1.29 is 0 Å². The van der Waals surface area contributed by atoms with Gasteiger partial charge in [0.1, 0.15) is 5.69 Å². The van der Waals surface area contributed by atoms with Gasteiger partial charge in [0.05, 0.1) is 38.6 Å². The van der Waals surface area contributed by atoms with Crippen LogP contribution in [0.3, 0.4) is 0 Å². The number of rotatable bonds is 3. The summed E-state index contributed by atoms with van der Waals surface area (Å²) >= 11 is 1.89. The first-order valence-corrected chi connectivity index (χ1v) is 24.5. The van der Waals surface area contributed by atoms with Crippen LogP contribution in [0.4, 0.5) is 0 Å². The van der Waals surface area contributed by atoms with Crippen molar-refractivity contribution in [3.8, 4) is 28.2 Å². The number of aromatic nitrogens is 4. The van der Waals surface area contributed by atoms with Crippen LogP contribution in [0.25, 0.3) is 162 Å². The highest BCUT2D eigenvalue weighted by atomic mass is 32.1. The lowest BCUT2D eigenvalue weighted by molar-refractivity contribution is 1.08. The van der Waals surface area contributed by atoms with Gasteiger partial charge >= 0.3 is 0 Å². The number of benzene rings is 12. The minimum absolute atomic E-state index is 0.807. The van der Waals surface area contributed by atoms with Crippen LogP contribution in [-0.2, 0) is 0 Å². The van der Waals surface area contributed by atoms with Gasteiger partial charge in [0.25, 0.3) is 0 Å². The second kappa shape index (κ2) is 13.0. The standard InChI is InChI=1S/C64H34N4S/c1-2-18-41-40(17-1)56-48-23-10-20-45-38-15-3-7-26-51(38)67(60(45)48)61(56)62-58(41)57-42(47-22-11-21-46-39-16-4-8-28-53(39)69-63(46)47)19-12-27-52(57)68(62)64-59(65-49-24-5-6-25-50(49)66-64)44-34-32-37-30-29-35-13-9-14-36-31-33-43(44)55(37)54(35)36/h1-34H. The van der Waals surface area contributed by atoms with Gasteiger partial charge in [-0.1, -0.05) is 176 Å². The van der Waals surface area contributed by atoms with Crippen molar-refractivity contribution in [2.75, 3.05) is 0 Å². The maximum atomic E-state index is 5.83. The van der Waals surface area contributed by atoms with E-state index >= 15 is 0 Å². The summed E-state index contributed by atoms with van der Waals surface area (Å²) in [7, 11) is 0. The quantitative estimate of drug-likeness (QED) is 0.166. The molecule has 17 aromatic rings. The molecule has 0 saturated heterocycles. The van der Waals surface area contributed by atoms with Crippen molar-refractivity contribution in [1.82, 2.24) is 18.9 Å². The molecular weight excluding hydrogens is 857 g/mol. The SMILES string of the molecule is c1cc2ccc3ccc(-c4nc5ccccc5nc4-n4c5cccc(-c6cccc7c6sc6ccccc67)c5c5c6ccccc6c6c7cccc8c9ccccc9n(c87)c6c54)c4ccc(c1)c2c34. The molecule has 0 atom stereocenters. The predicted octanol–water partition coefficient (Wildman–Crippen LogP) is 17.6. The molecule has 12 aromatic carbocycles. The molecule has 5 aromatic heterocycles. The molecule has 0 saturated carbocycles. The summed E-state index contributed by atoms with van der Waals surface area (Å²) in [6.07, 6.45) is 0. The van der Waals surface area contributed by atoms with Gasteiger partial charge < -0.3 is 4.40 Å². The third-order valence-electron chi connectivity index (χ3n) is 15.4. The first kappa shape index (κ1) is 36.2. The van der Waals surface area contributed by atoms with E-state index in [1.165, 1.54) is 123 Å². The zero-order valence-corrected chi connectivity index (χ0v) is 37.6. The third kappa shape index (κ3) is 4.54. The molecule has 17 rings (SSSR count). The Labute approximate surface area is 396 Å². The molecule has 0 unspecified atom stereocenters. The van der Waals surface area contributed by atoms with E-state index in [0.717, 1.165) is 39.1 Å². The van der Waals surface area contributed by atoms with E-state index in [9.17, 15) is 0 Å². The summed E-state index contributed by atoms with van der Waals surface area (Å²) in [5, 5.41) is 19.9. The normalized spacial score (nSPS) is 12.6. The van der Waals surface area contributed by atoms with Gasteiger partial charge in [-0.05, 0) is 79.0 Å². The fourth-order valence-electron chi connectivity index (χ4n) is 12.6. The Balaban J connectivity index is 1.14. The van der Waals surface area contributed by atoms with Crippen molar-refractivity contribution in [2.45, 2.75) is 0 Å². The molecule has 0 radical (unpaired) electrons. The highest BCUT2D eigenvalue weighted by Crippen LogP contribution is 2.52. The summed E-state index contributed by atoms with van der Waals surface area (Å²) in [5.74, 6) is 0.807. The van der Waals surface area contributed by atoms with Crippen molar-refractivity contribution in [3.63, 3.8) is 0 Å². The van der Waals surface area contributed by atoms with Crippen molar-refractivity contribution in [1.29, 1.82) is 0 Å². The second-order valence-electron chi connectivity index (χ2n) is 18.7. The molecule has 0 fully saturated rings. The molecule has 0 N–H and O–H groups in total. The van der Waals surface area contributed by atoms with Crippen LogP contribution in [0.2, 0.25) is 0 Å². The molecule has 0 aliphatic carbocycles. The molecule has 5 heteroatoms. The van der Waals surface area contributed by atoms with Crippen LogP contribution in [0.15, 0.2) is 206 Å². The minimum Gasteiger partial charge on any atom is -0.306 e.